The first kappa shape index (κ1) is 14.8. The van der Waals surface area contributed by atoms with Gasteiger partial charge in [0.25, 0.3) is 0 Å². The summed E-state index contributed by atoms with van der Waals surface area (Å²) >= 11 is 0. The Kier molecular flexibility index (Phi) is 4.22. The molecule has 0 bridgehead atoms. The molecule has 22 heavy (non-hydrogen) atoms. The summed E-state index contributed by atoms with van der Waals surface area (Å²) in [6.07, 6.45) is 0. The number of ether oxygens (including phenoxy) is 1. The third-order valence-corrected chi connectivity index (χ3v) is 4.07. The minimum atomic E-state index is -0.281. The number of methoxy groups -OCH3 is 1. The molecule has 4 nitrogen and oxygen atoms in total. The maximum Gasteiger partial charge on any atom is 0.337 e. The molecule has 114 valence electrons. The molecule has 1 heterocycles. The Hall–Kier alpha value is -2.17. The number of carbonyl (C=O) groups is 1. The Balaban J connectivity index is 1.82. The van der Waals surface area contributed by atoms with Crippen molar-refractivity contribution in [1.29, 1.82) is 0 Å². The third kappa shape index (κ3) is 3.03. The van der Waals surface area contributed by atoms with Gasteiger partial charge in [-0.15, -0.1) is 0 Å². The molecule has 2 aromatic rings. The molecule has 0 N–H and O–H groups in total. The average Bonchev–Trinajstić information content (AvgIpc) is 2.55. The molecule has 4 heteroatoms. The molecule has 0 radical (unpaired) electrons. The van der Waals surface area contributed by atoms with Crippen LogP contribution in [0.5, 0.6) is 0 Å². The van der Waals surface area contributed by atoms with Crippen molar-refractivity contribution in [3.63, 3.8) is 0 Å². The molecular weight excluding hydrogens is 276 g/mol. The zero-order valence-electron chi connectivity index (χ0n) is 13.0. The summed E-state index contributed by atoms with van der Waals surface area (Å²) in [7, 11) is 3.51. The molecule has 0 atom stereocenters. The summed E-state index contributed by atoms with van der Waals surface area (Å²) in [5, 5.41) is 4.52. The van der Waals surface area contributed by atoms with Crippen molar-refractivity contribution in [2.24, 2.45) is 0 Å². The van der Waals surface area contributed by atoms with E-state index in [0.717, 1.165) is 19.6 Å². The quantitative estimate of drug-likeness (QED) is 0.815. The van der Waals surface area contributed by atoms with Crippen LogP contribution in [0.25, 0.3) is 0 Å². The number of esters is 1. The molecule has 0 saturated heterocycles. The van der Waals surface area contributed by atoms with E-state index < -0.39 is 0 Å². The van der Waals surface area contributed by atoms with E-state index in [1.807, 2.05) is 24.3 Å². The number of hydrazine groups is 1. The highest BCUT2D eigenvalue weighted by Crippen LogP contribution is 2.24. The van der Waals surface area contributed by atoms with Crippen LogP contribution in [-0.4, -0.2) is 30.1 Å². The van der Waals surface area contributed by atoms with E-state index in [1.165, 1.54) is 23.8 Å². The van der Waals surface area contributed by atoms with Gasteiger partial charge in [0.15, 0.2) is 0 Å². The van der Waals surface area contributed by atoms with Crippen LogP contribution in [0.1, 0.15) is 27.0 Å². The van der Waals surface area contributed by atoms with Gasteiger partial charge in [-0.2, -0.15) is 0 Å². The highest BCUT2D eigenvalue weighted by atomic mass is 16.5. The summed E-state index contributed by atoms with van der Waals surface area (Å²) in [6.45, 7) is 2.51. The van der Waals surface area contributed by atoms with Gasteiger partial charge >= 0.3 is 5.97 Å². The molecule has 0 aromatic heterocycles. The highest BCUT2D eigenvalue weighted by Gasteiger charge is 2.22. The maximum atomic E-state index is 11.7. The van der Waals surface area contributed by atoms with Gasteiger partial charge < -0.3 is 4.74 Å². The van der Waals surface area contributed by atoms with Gasteiger partial charge in [-0.3, -0.25) is 0 Å². The van der Waals surface area contributed by atoms with E-state index in [1.54, 1.807) is 0 Å². The Labute approximate surface area is 130 Å². The number of rotatable bonds is 3. The summed E-state index contributed by atoms with van der Waals surface area (Å²) in [6, 6.07) is 16.2. The Morgan fingerprint density at radius 2 is 1.86 bits per heavy atom. The van der Waals surface area contributed by atoms with E-state index >= 15 is 0 Å². The Morgan fingerprint density at radius 1 is 1.09 bits per heavy atom. The van der Waals surface area contributed by atoms with E-state index in [9.17, 15) is 4.79 Å². The van der Waals surface area contributed by atoms with Crippen molar-refractivity contribution in [3.8, 4) is 0 Å². The fourth-order valence-corrected chi connectivity index (χ4v) is 2.81. The van der Waals surface area contributed by atoms with Gasteiger partial charge in [0.2, 0.25) is 0 Å². The lowest BCUT2D eigenvalue weighted by Crippen LogP contribution is -2.42. The van der Waals surface area contributed by atoms with E-state index in [2.05, 4.69) is 41.3 Å². The van der Waals surface area contributed by atoms with Gasteiger partial charge in [0.1, 0.15) is 0 Å². The molecule has 0 spiro atoms. The first-order valence-corrected chi connectivity index (χ1v) is 7.37. The molecular formula is C18H20N2O2. The van der Waals surface area contributed by atoms with E-state index in [-0.39, 0.29) is 5.97 Å². The van der Waals surface area contributed by atoms with Crippen molar-refractivity contribution in [1.82, 2.24) is 10.0 Å². The van der Waals surface area contributed by atoms with E-state index in [0.29, 0.717) is 5.56 Å². The lowest BCUT2D eigenvalue weighted by Gasteiger charge is -2.37. The van der Waals surface area contributed by atoms with Crippen LogP contribution in [0.2, 0.25) is 0 Å². The monoisotopic (exact) mass is 296 g/mol. The minimum Gasteiger partial charge on any atom is -0.465 e. The number of hydrogen-bond acceptors (Lipinski definition) is 4. The van der Waals surface area contributed by atoms with Gasteiger partial charge in [-0.1, -0.05) is 36.4 Å². The molecule has 0 amide bonds. The zero-order valence-corrected chi connectivity index (χ0v) is 13.0. The van der Waals surface area contributed by atoms with Crippen LogP contribution < -0.4 is 0 Å². The third-order valence-electron chi connectivity index (χ3n) is 4.07. The lowest BCUT2D eigenvalue weighted by atomic mass is 10.0. The zero-order chi connectivity index (χ0) is 15.5. The van der Waals surface area contributed by atoms with Gasteiger partial charge in [0, 0.05) is 26.7 Å². The largest absolute Gasteiger partial charge is 0.465 e. The smallest absolute Gasteiger partial charge is 0.337 e. The molecule has 0 saturated carbocycles. The van der Waals surface area contributed by atoms with Crippen molar-refractivity contribution < 1.29 is 9.53 Å². The summed E-state index contributed by atoms with van der Waals surface area (Å²) < 4.78 is 4.81. The van der Waals surface area contributed by atoms with Crippen molar-refractivity contribution in [3.05, 3.63) is 70.8 Å². The first-order valence-electron chi connectivity index (χ1n) is 7.37. The van der Waals surface area contributed by atoms with Crippen LogP contribution in [0, 0.1) is 0 Å². The molecule has 1 aliphatic rings. The van der Waals surface area contributed by atoms with E-state index in [4.69, 9.17) is 4.74 Å². The fourth-order valence-electron chi connectivity index (χ4n) is 2.81. The average molecular weight is 296 g/mol. The summed E-state index contributed by atoms with van der Waals surface area (Å²) in [4.78, 5) is 11.7. The number of hydrogen-bond donors (Lipinski definition) is 0. The van der Waals surface area contributed by atoms with Crippen LogP contribution in [0.4, 0.5) is 0 Å². The van der Waals surface area contributed by atoms with Crippen molar-refractivity contribution >= 4 is 5.97 Å². The second-order valence-electron chi connectivity index (χ2n) is 5.60. The van der Waals surface area contributed by atoms with Crippen LogP contribution >= 0.6 is 0 Å². The maximum absolute atomic E-state index is 11.7. The van der Waals surface area contributed by atoms with Crippen LogP contribution in [0.3, 0.4) is 0 Å². The second kappa shape index (κ2) is 6.30. The van der Waals surface area contributed by atoms with Gasteiger partial charge in [-0.05, 0) is 28.8 Å². The fraction of sp³-hybridized carbons (Fsp3) is 0.278. The molecule has 2 aromatic carbocycles. The SMILES string of the molecule is COC(=O)c1ccc2c(c1)CN(Cc1ccccc1)N(C)C2. The van der Waals surface area contributed by atoms with Crippen LogP contribution in [0.15, 0.2) is 48.5 Å². The Bertz CT molecular complexity index is 670. The predicted octanol–water partition coefficient (Wildman–Crippen LogP) is 2.84. The molecule has 0 unspecified atom stereocenters. The minimum absolute atomic E-state index is 0.281. The van der Waals surface area contributed by atoms with Crippen molar-refractivity contribution in [2.45, 2.75) is 19.6 Å². The lowest BCUT2D eigenvalue weighted by molar-refractivity contribution is -0.0367. The normalized spacial score (nSPS) is 15.4. The highest BCUT2D eigenvalue weighted by molar-refractivity contribution is 5.89. The second-order valence-corrected chi connectivity index (χ2v) is 5.60. The van der Waals surface area contributed by atoms with Gasteiger partial charge in [0.05, 0.1) is 12.7 Å². The number of nitrogens with zero attached hydrogens (tertiary/aromatic N) is 2. The molecule has 1 aliphatic heterocycles. The standard InChI is InChI=1S/C18H20N2O2/c1-19-12-16-9-8-15(18(21)22-2)10-17(16)13-20(19)11-14-6-4-3-5-7-14/h3-10H,11-13H2,1-2H3. The molecule has 0 aliphatic carbocycles. The summed E-state index contributed by atoms with van der Waals surface area (Å²) in [5.74, 6) is -0.281. The number of carbonyl (C=O) groups excluding carboxylic acids is 1. The predicted molar refractivity (Wildman–Crippen MR) is 84.9 cm³/mol. The van der Waals surface area contributed by atoms with Gasteiger partial charge in [-0.25, -0.2) is 14.8 Å². The summed E-state index contributed by atoms with van der Waals surface area (Å²) in [5.41, 5.74) is 4.35. The van der Waals surface area contributed by atoms with Crippen LogP contribution in [-0.2, 0) is 24.4 Å². The van der Waals surface area contributed by atoms with Crippen molar-refractivity contribution in [2.75, 3.05) is 14.2 Å². The molecule has 3 rings (SSSR count). The number of benzene rings is 2. The topological polar surface area (TPSA) is 32.8 Å². The molecule has 0 fully saturated rings. The first-order chi connectivity index (χ1) is 10.7. The Morgan fingerprint density at radius 3 is 2.59 bits per heavy atom. The number of fused-ring (bicyclic) bond motifs is 1.